The second-order valence-electron chi connectivity index (χ2n) is 7.24. The van der Waals surface area contributed by atoms with E-state index in [0.717, 1.165) is 24.8 Å². The second kappa shape index (κ2) is 7.85. The molecule has 0 unspecified atom stereocenters. The van der Waals surface area contributed by atoms with E-state index in [1.165, 1.54) is 0 Å². The predicted molar refractivity (Wildman–Crippen MR) is 96.3 cm³/mol. The van der Waals surface area contributed by atoms with Crippen LogP contribution in [0.2, 0.25) is 0 Å². The molecule has 4 heterocycles. The standard InChI is InChI=1S/C19H23N5O3/c25-17(24-11-14-4-1-6-15(12-24)21-19(14)26)8-2-7-16-22-18(23-27-16)13-5-3-9-20-10-13/h3,5,9-10,14-15H,1-2,4,6-8,11-12H2,(H,21,26)/t14-,15+/m1/s1. The number of aromatic nitrogens is 3. The van der Waals surface area contributed by atoms with Crippen LogP contribution in [0.5, 0.6) is 0 Å². The summed E-state index contributed by atoms with van der Waals surface area (Å²) in [6.07, 6.45) is 7.85. The molecule has 27 heavy (non-hydrogen) atoms. The molecule has 1 N–H and O–H groups in total. The Hall–Kier alpha value is -2.77. The van der Waals surface area contributed by atoms with Crippen LogP contribution < -0.4 is 5.32 Å². The van der Waals surface area contributed by atoms with Crippen LogP contribution in [0.4, 0.5) is 0 Å². The minimum absolute atomic E-state index is 0.0700. The van der Waals surface area contributed by atoms with Crippen molar-refractivity contribution in [2.24, 2.45) is 5.92 Å². The number of pyridine rings is 1. The molecule has 142 valence electrons. The first-order chi connectivity index (χ1) is 13.2. The highest BCUT2D eigenvalue weighted by atomic mass is 16.5. The Labute approximate surface area is 157 Å². The number of hydrogen-bond donors (Lipinski definition) is 1. The number of nitrogens with one attached hydrogen (secondary N) is 1. The lowest BCUT2D eigenvalue weighted by Crippen LogP contribution is -2.41. The topological polar surface area (TPSA) is 101 Å². The molecule has 2 aromatic heterocycles. The Morgan fingerprint density at radius 3 is 3.11 bits per heavy atom. The van der Waals surface area contributed by atoms with E-state index in [1.807, 2.05) is 17.0 Å². The minimum atomic E-state index is -0.0700. The second-order valence-corrected chi connectivity index (χ2v) is 7.24. The summed E-state index contributed by atoms with van der Waals surface area (Å²) in [7, 11) is 0. The van der Waals surface area contributed by atoms with E-state index >= 15 is 0 Å². The van der Waals surface area contributed by atoms with Gasteiger partial charge < -0.3 is 14.7 Å². The lowest BCUT2D eigenvalue weighted by Gasteiger charge is -2.27. The number of carbonyl (C=O) groups is 2. The lowest BCUT2D eigenvalue weighted by molar-refractivity contribution is -0.132. The third kappa shape index (κ3) is 4.15. The van der Waals surface area contributed by atoms with Crippen LogP contribution in [-0.4, -0.2) is 51.0 Å². The molecule has 0 aromatic carbocycles. The monoisotopic (exact) mass is 369 g/mol. The van der Waals surface area contributed by atoms with E-state index in [1.54, 1.807) is 12.4 Å². The summed E-state index contributed by atoms with van der Waals surface area (Å²) >= 11 is 0. The van der Waals surface area contributed by atoms with E-state index in [-0.39, 0.29) is 23.8 Å². The van der Waals surface area contributed by atoms with Crippen molar-refractivity contribution in [3.05, 3.63) is 30.4 Å². The van der Waals surface area contributed by atoms with Gasteiger partial charge in [0.1, 0.15) is 0 Å². The largest absolute Gasteiger partial charge is 0.351 e. The van der Waals surface area contributed by atoms with Crippen LogP contribution in [0.3, 0.4) is 0 Å². The summed E-state index contributed by atoms with van der Waals surface area (Å²) in [6, 6.07) is 3.78. The summed E-state index contributed by atoms with van der Waals surface area (Å²) in [4.78, 5) is 35.0. The van der Waals surface area contributed by atoms with Gasteiger partial charge >= 0.3 is 0 Å². The summed E-state index contributed by atoms with van der Waals surface area (Å²) in [5.41, 5.74) is 0.803. The number of rotatable bonds is 5. The maximum atomic E-state index is 12.6. The van der Waals surface area contributed by atoms with Crippen molar-refractivity contribution in [1.29, 1.82) is 0 Å². The van der Waals surface area contributed by atoms with Crippen molar-refractivity contribution < 1.29 is 14.1 Å². The van der Waals surface area contributed by atoms with Gasteiger partial charge in [0.25, 0.3) is 0 Å². The molecular formula is C19H23N5O3. The van der Waals surface area contributed by atoms with E-state index in [0.29, 0.717) is 44.1 Å². The van der Waals surface area contributed by atoms with Crippen LogP contribution in [0.15, 0.2) is 29.0 Å². The Morgan fingerprint density at radius 1 is 1.33 bits per heavy atom. The number of nitrogens with zero attached hydrogens (tertiary/aromatic N) is 4. The first-order valence-corrected chi connectivity index (χ1v) is 9.50. The molecule has 2 aliphatic rings. The summed E-state index contributed by atoms with van der Waals surface area (Å²) in [6.45, 7) is 1.15. The fourth-order valence-corrected chi connectivity index (χ4v) is 3.77. The highest BCUT2D eigenvalue weighted by Gasteiger charge is 2.34. The molecule has 2 bridgehead atoms. The van der Waals surface area contributed by atoms with Crippen molar-refractivity contribution in [3.63, 3.8) is 0 Å². The molecule has 0 radical (unpaired) electrons. The van der Waals surface area contributed by atoms with Gasteiger partial charge in [-0.1, -0.05) is 11.6 Å². The van der Waals surface area contributed by atoms with Gasteiger partial charge in [0.15, 0.2) is 0 Å². The third-order valence-corrected chi connectivity index (χ3v) is 5.23. The van der Waals surface area contributed by atoms with Gasteiger partial charge in [-0.25, -0.2) is 0 Å². The number of aryl methyl sites for hydroxylation is 1. The molecule has 8 nitrogen and oxygen atoms in total. The third-order valence-electron chi connectivity index (χ3n) is 5.23. The van der Waals surface area contributed by atoms with Gasteiger partial charge in [-0.15, -0.1) is 0 Å². The molecule has 0 saturated carbocycles. The lowest BCUT2D eigenvalue weighted by atomic mass is 9.99. The first-order valence-electron chi connectivity index (χ1n) is 9.50. The maximum Gasteiger partial charge on any atom is 0.226 e. The smallest absolute Gasteiger partial charge is 0.226 e. The van der Waals surface area contributed by atoms with Crippen molar-refractivity contribution >= 4 is 11.8 Å². The SMILES string of the molecule is O=C1N[C@H]2CCC[C@@H]1CN(C(=O)CCCc1nc(-c3cccnc3)no1)C2. The quantitative estimate of drug-likeness (QED) is 0.859. The Morgan fingerprint density at radius 2 is 2.26 bits per heavy atom. The van der Waals surface area contributed by atoms with Gasteiger partial charge in [0.05, 0.1) is 5.92 Å². The van der Waals surface area contributed by atoms with Crippen LogP contribution >= 0.6 is 0 Å². The number of likely N-dealkylation sites (tertiary alicyclic amines) is 1. The maximum absolute atomic E-state index is 12.6. The Balaban J connectivity index is 1.30. The molecule has 2 fully saturated rings. The highest BCUT2D eigenvalue weighted by molar-refractivity contribution is 5.82. The van der Waals surface area contributed by atoms with E-state index in [9.17, 15) is 9.59 Å². The summed E-state index contributed by atoms with van der Waals surface area (Å²) < 4.78 is 5.27. The van der Waals surface area contributed by atoms with E-state index in [2.05, 4.69) is 20.4 Å². The molecular weight excluding hydrogens is 346 g/mol. The number of amides is 2. The zero-order valence-corrected chi connectivity index (χ0v) is 15.1. The van der Waals surface area contributed by atoms with Crippen molar-refractivity contribution in [2.45, 2.75) is 44.6 Å². The highest BCUT2D eigenvalue weighted by Crippen LogP contribution is 2.22. The average molecular weight is 369 g/mol. The molecule has 0 aliphatic carbocycles. The molecule has 0 spiro atoms. The average Bonchev–Trinajstić information content (AvgIpc) is 2.98. The van der Waals surface area contributed by atoms with Gasteiger partial charge in [-0.2, -0.15) is 4.98 Å². The first kappa shape index (κ1) is 17.6. The van der Waals surface area contributed by atoms with Gasteiger partial charge in [-0.3, -0.25) is 14.6 Å². The molecule has 4 rings (SSSR count). The minimum Gasteiger partial charge on any atom is -0.351 e. The fourth-order valence-electron chi connectivity index (χ4n) is 3.77. The van der Waals surface area contributed by atoms with Crippen LogP contribution in [0, 0.1) is 5.92 Å². The predicted octanol–water partition coefficient (Wildman–Crippen LogP) is 1.58. The van der Waals surface area contributed by atoms with Crippen LogP contribution in [0.1, 0.15) is 38.0 Å². The number of hydrogen-bond acceptors (Lipinski definition) is 6. The molecule has 2 amide bonds. The van der Waals surface area contributed by atoms with E-state index < -0.39 is 0 Å². The van der Waals surface area contributed by atoms with Crippen molar-refractivity contribution in [1.82, 2.24) is 25.3 Å². The Bertz CT molecular complexity index is 807. The van der Waals surface area contributed by atoms with Gasteiger partial charge in [-0.05, 0) is 31.4 Å². The summed E-state index contributed by atoms with van der Waals surface area (Å²) in [5, 5.41) is 7.02. The summed E-state index contributed by atoms with van der Waals surface area (Å²) in [5.74, 6) is 1.15. The normalized spacial score (nSPS) is 22.2. The van der Waals surface area contributed by atoms with Gasteiger partial charge in [0.2, 0.25) is 23.5 Å². The van der Waals surface area contributed by atoms with Gasteiger partial charge in [0, 0.05) is 49.9 Å². The number of fused-ring (bicyclic) bond motifs is 3. The Kier molecular flexibility index (Phi) is 5.13. The van der Waals surface area contributed by atoms with E-state index in [4.69, 9.17) is 4.52 Å². The van der Waals surface area contributed by atoms with Crippen molar-refractivity contribution in [2.75, 3.05) is 13.1 Å². The zero-order valence-electron chi connectivity index (χ0n) is 15.1. The molecule has 8 heteroatoms. The van der Waals surface area contributed by atoms with Crippen LogP contribution in [-0.2, 0) is 16.0 Å². The fraction of sp³-hybridized carbons (Fsp3) is 0.526. The number of carbonyl (C=O) groups excluding carboxylic acids is 2. The zero-order chi connectivity index (χ0) is 18.6. The van der Waals surface area contributed by atoms with Crippen LogP contribution in [0.25, 0.3) is 11.4 Å². The molecule has 2 saturated heterocycles. The molecule has 2 atom stereocenters. The molecule has 2 aliphatic heterocycles. The molecule has 2 aromatic rings. The van der Waals surface area contributed by atoms with Crippen molar-refractivity contribution in [3.8, 4) is 11.4 Å².